The second-order valence-corrected chi connectivity index (χ2v) is 9.65. The minimum atomic E-state index is -3.55. The zero-order chi connectivity index (χ0) is 12.4. The smallest absolute Gasteiger partial charge is 0.382 e. The fourth-order valence-corrected chi connectivity index (χ4v) is 5.07. The van der Waals surface area contributed by atoms with Crippen LogP contribution in [0.5, 0.6) is 0 Å². The molecule has 0 saturated carbocycles. The molecule has 1 heterocycles. The van der Waals surface area contributed by atoms with Crippen LogP contribution in [0.15, 0.2) is 0 Å². The monoisotopic (exact) mass is 266 g/mol. The van der Waals surface area contributed by atoms with Gasteiger partial charge in [-0.05, 0) is 24.2 Å². The maximum absolute atomic E-state index is 11.7. The zero-order valence-electron chi connectivity index (χ0n) is 10.3. The molecular weight excluding hydrogens is 246 g/mol. The van der Waals surface area contributed by atoms with Crippen LogP contribution in [0.4, 0.5) is 0 Å². The van der Waals surface area contributed by atoms with Crippen LogP contribution in [-0.2, 0) is 13.8 Å². The van der Waals surface area contributed by atoms with Crippen molar-refractivity contribution in [3.8, 4) is 0 Å². The zero-order valence-corrected chi connectivity index (χ0v) is 12.0. The lowest BCUT2D eigenvalue weighted by atomic mass is 9.97. The molecule has 1 fully saturated rings. The highest BCUT2D eigenvalue weighted by Crippen LogP contribution is 2.60. The Morgan fingerprint density at radius 2 is 2.19 bits per heavy atom. The van der Waals surface area contributed by atoms with Crippen molar-refractivity contribution >= 4 is 26.0 Å². The average molecular weight is 266 g/mol. The summed E-state index contributed by atoms with van der Waals surface area (Å²) < 4.78 is 22.0. The van der Waals surface area contributed by atoms with E-state index in [1.165, 1.54) is 0 Å². The van der Waals surface area contributed by atoms with E-state index in [4.69, 9.17) is 9.26 Å². The molecule has 0 spiro atoms. The first-order chi connectivity index (χ1) is 7.18. The molecule has 1 aliphatic heterocycles. The van der Waals surface area contributed by atoms with E-state index in [9.17, 15) is 9.46 Å². The van der Waals surface area contributed by atoms with Crippen LogP contribution in [0, 0.1) is 0 Å². The van der Waals surface area contributed by atoms with E-state index >= 15 is 0 Å². The number of rotatable bonds is 4. The fourth-order valence-electron chi connectivity index (χ4n) is 1.56. The Hall–Kier alpha value is 0.525. The summed E-state index contributed by atoms with van der Waals surface area (Å²) in [5, 5.41) is 0. The Bertz CT molecular complexity index is 281. The quantitative estimate of drug-likeness (QED) is 0.620. The van der Waals surface area contributed by atoms with E-state index in [-0.39, 0.29) is 23.5 Å². The summed E-state index contributed by atoms with van der Waals surface area (Å²) in [6.45, 7) is 2.32. The SMILES string of the molecule is B[C@H]1CC[C@@H](COP(=O)(O)SC(C)(C)C)O1. The van der Waals surface area contributed by atoms with Crippen molar-refractivity contribution in [1.82, 2.24) is 0 Å². The lowest BCUT2D eigenvalue weighted by Gasteiger charge is -2.22. The van der Waals surface area contributed by atoms with Gasteiger partial charge in [-0.25, -0.2) is 4.57 Å². The van der Waals surface area contributed by atoms with Gasteiger partial charge in [-0.1, -0.05) is 20.8 Å². The Labute approximate surface area is 102 Å². The van der Waals surface area contributed by atoms with Gasteiger partial charge in [0.1, 0.15) is 7.85 Å². The van der Waals surface area contributed by atoms with Gasteiger partial charge < -0.3 is 9.63 Å². The molecule has 94 valence electrons. The largest absolute Gasteiger partial charge is 0.387 e. The molecule has 1 saturated heterocycles. The Kier molecular flexibility index (Phi) is 4.96. The van der Waals surface area contributed by atoms with E-state index < -0.39 is 6.80 Å². The van der Waals surface area contributed by atoms with Gasteiger partial charge >= 0.3 is 6.80 Å². The van der Waals surface area contributed by atoms with Gasteiger partial charge in [-0.15, -0.1) is 0 Å². The molecular formula is C9H20BO4PS. The minimum Gasteiger partial charge on any atom is -0.382 e. The van der Waals surface area contributed by atoms with E-state index in [0.29, 0.717) is 0 Å². The van der Waals surface area contributed by atoms with Gasteiger partial charge in [0.2, 0.25) is 0 Å². The molecule has 1 rings (SSSR count). The van der Waals surface area contributed by atoms with Crippen molar-refractivity contribution in [1.29, 1.82) is 0 Å². The maximum atomic E-state index is 11.7. The van der Waals surface area contributed by atoms with Gasteiger partial charge in [0.15, 0.2) is 0 Å². The van der Waals surface area contributed by atoms with Crippen LogP contribution in [-0.4, -0.2) is 36.2 Å². The molecule has 3 atom stereocenters. The molecule has 0 aromatic carbocycles. The van der Waals surface area contributed by atoms with Crippen molar-refractivity contribution in [3.05, 3.63) is 0 Å². The highest BCUT2D eigenvalue weighted by atomic mass is 32.7. The average Bonchev–Trinajstić information content (AvgIpc) is 2.44. The van der Waals surface area contributed by atoms with Crippen molar-refractivity contribution in [3.63, 3.8) is 0 Å². The van der Waals surface area contributed by atoms with Gasteiger partial charge in [0.05, 0.1) is 12.7 Å². The molecule has 1 aliphatic rings. The molecule has 16 heavy (non-hydrogen) atoms. The summed E-state index contributed by atoms with van der Waals surface area (Å²) in [6, 6.07) is 0.238. The number of hydrogen-bond donors (Lipinski definition) is 1. The summed E-state index contributed by atoms with van der Waals surface area (Å²) >= 11 is 0.977. The summed E-state index contributed by atoms with van der Waals surface area (Å²) in [5.74, 6) is 0. The molecule has 0 aromatic heterocycles. The lowest BCUT2D eigenvalue weighted by molar-refractivity contribution is 0.0493. The highest BCUT2D eigenvalue weighted by molar-refractivity contribution is 8.55. The van der Waals surface area contributed by atoms with Crippen LogP contribution in [0.3, 0.4) is 0 Å². The standard InChI is InChI=1S/C9H20BO4PS/c1-9(2,3)16-15(11,12)13-6-7-4-5-8(10)14-7/h7-8H,4-6,10H2,1-3H3,(H,11,12)/t7-,8+/m0/s1. The third kappa shape index (κ3) is 5.73. The Morgan fingerprint density at radius 1 is 1.56 bits per heavy atom. The van der Waals surface area contributed by atoms with Crippen LogP contribution in [0.1, 0.15) is 33.6 Å². The molecule has 0 bridgehead atoms. The normalized spacial score (nSPS) is 30.2. The summed E-state index contributed by atoms with van der Waals surface area (Å²) in [7, 11) is 2.00. The van der Waals surface area contributed by atoms with E-state index in [1.54, 1.807) is 0 Å². The van der Waals surface area contributed by atoms with E-state index in [2.05, 4.69) is 0 Å². The molecule has 0 aromatic rings. The lowest BCUT2D eigenvalue weighted by Crippen LogP contribution is -2.16. The first kappa shape index (κ1) is 14.6. The predicted octanol–water partition coefficient (Wildman–Crippen LogP) is 1.77. The van der Waals surface area contributed by atoms with E-state index in [0.717, 1.165) is 24.2 Å². The summed E-state index contributed by atoms with van der Waals surface area (Å²) in [4.78, 5) is 9.62. The third-order valence-electron chi connectivity index (χ3n) is 2.13. The molecule has 4 nitrogen and oxygen atoms in total. The molecule has 0 radical (unpaired) electrons. The van der Waals surface area contributed by atoms with Gasteiger partial charge in [-0.3, -0.25) is 4.52 Å². The number of hydrogen-bond acceptors (Lipinski definition) is 4. The van der Waals surface area contributed by atoms with Crippen molar-refractivity contribution < 1.29 is 18.7 Å². The summed E-state index contributed by atoms with van der Waals surface area (Å²) in [6.07, 6.45) is 1.87. The van der Waals surface area contributed by atoms with E-state index in [1.807, 2.05) is 28.6 Å². The highest BCUT2D eigenvalue weighted by Gasteiger charge is 2.31. The van der Waals surface area contributed by atoms with Crippen LogP contribution < -0.4 is 0 Å². The second-order valence-electron chi connectivity index (χ2n) is 5.11. The Morgan fingerprint density at radius 3 is 2.62 bits per heavy atom. The predicted molar refractivity (Wildman–Crippen MR) is 69.6 cm³/mol. The summed E-state index contributed by atoms with van der Waals surface area (Å²) in [5.41, 5.74) is 0. The van der Waals surface area contributed by atoms with Gasteiger partial charge in [-0.2, -0.15) is 0 Å². The van der Waals surface area contributed by atoms with Crippen LogP contribution in [0.25, 0.3) is 0 Å². The molecule has 1 N–H and O–H groups in total. The molecule has 0 aliphatic carbocycles. The molecule has 0 amide bonds. The minimum absolute atomic E-state index is 0.0314. The van der Waals surface area contributed by atoms with Crippen molar-refractivity contribution in [2.24, 2.45) is 0 Å². The van der Waals surface area contributed by atoms with Gasteiger partial charge in [0, 0.05) is 10.8 Å². The van der Waals surface area contributed by atoms with Gasteiger partial charge in [0.25, 0.3) is 0 Å². The second kappa shape index (κ2) is 5.45. The van der Waals surface area contributed by atoms with Crippen molar-refractivity contribution in [2.45, 2.75) is 50.5 Å². The fraction of sp³-hybridized carbons (Fsp3) is 1.00. The third-order valence-corrected chi connectivity index (χ3v) is 6.04. The molecule has 7 heteroatoms. The maximum Gasteiger partial charge on any atom is 0.387 e. The van der Waals surface area contributed by atoms with Crippen molar-refractivity contribution in [2.75, 3.05) is 6.61 Å². The number of ether oxygens (including phenoxy) is 1. The molecule has 1 unspecified atom stereocenters. The topological polar surface area (TPSA) is 55.8 Å². The first-order valence-corrected chi connectivity index (χ1v) is 8.51. The van der Waals surface area contributed by atoms with Crippen LogP contribution >= 0.6 is 18.2 Å². The first-order valence-electron chi connectivity index (χ1n) is 5.51. The van der Waals surface area contributed by atoms with Crippen LogP contribution in [0.2, 0.25) is 0 Å². The Balaban J connectivity index is 2.33.